The normalized spacial score (nSPS) is 11.3. The lowest BCUT2D eigenvalue weighted by atomic mass is 9.98. The summed E-state index contributed by atoms with van der Waals surface area (Å²) in [5.74, 6) is 0.429. The average molecular weight is 426 g/mol. The first-order chi connectivity index (χ1) is 15.2. The molecule has 2 N–H and O–H groups in total. The van der Waals surface area contributed by atoms with E-state index in [0.717, 1.165) is 30.3 Å². The fraction of sp³-hybridized carbons (Fsp3) is 0.143. The van der Waals surface area contributed by atoms with Crippen LogP contribution in [0.15, 0.2) is 97.1 Å². The van der Waals surface area contributed by atoms with Crippen LogP contribution in [-0.4, -0.2) is 12.2 Å². The lowest BCUT2D eigenvalue weighted by molar-refractivity contribution is 0.474. The lowest BCUT2D eigenvalue weighted by Crippen LogP contribution is -2.16. The summed E-state index contributed by atoms with van der Waals surface area (Å²) < 4.78 is 0. The zero-order chi connectivity index (χ0) is 21.5. The van der Waals surface area contributed by atoms with Crippen molar-refractivity contribution in [1.82, 2.24) is 5.32 Å². The van der Waals surface area contributed by atoms with Crippen molar-refractivity contribution >= 4 is 19.2 Å². The highest BCUT2D eigenvalue weighted by atomic mass is 31.1. The Morgan fingerprint density at radius 1 is 0.645 bits per heavy atom. The summed E-state index contributed by atoms with van der Waals surface area (Å²) in [5.41, 5.74) is 6.00. The summed E-state index contributed by atoms with van der Waals surface area (Å²) >= 11 is 0. The first-order valence-corrected chi connectivity index (χ1v) is 11.6. The maximum atomic E-state index is 11.2. The Kier molecular flexibility index (Phi) is 7.14. The van der Waals surface area contributed by atoms with Gasteiger partial charge in [-0.1, -0.05) is 99.6 Å². The Bertz CT molecular complexity index is 1130. The number of hydrogen-bond donors (Lipinski definition) is 2. The molecular weight excluding hydrogens is 397 g/mol. The number of nitrogens with one attached hydrogen (secondary N) is 1. The van der Waals surface area contributed by atoms with E-state index in [1.807, 2.05) is 19.2 Å². The largest absolute Gasteiger partial charge is 0.507 e. The standard InChI is InChI=1S/C28H28NOP/c1-29-20-24-14-8-9-15-26(24)31-27-19-23(16-21-10-4-2-5-11-21)18-25(28(27)30)17-22-12-6-3-7-13-22/h2-15,18-19,29-31H,16-17,20H2,1H3. The maximum absolute atomic E-state index is 11.2. The van der Waals surface area contributed by atoms with Gasteiger partial charge in [0.1, 0.15) is 5.75 Å². The van der Waals surface area contributed by atoms with Crippen LogP contribution in [0.2, 0.25) is 0 Å². The maximum Gasteiger partial charge on any atom is 0.126 e. The van der Waals surface area contributed by atoms with Gasteiger partial charge in [-0.3, -0.25) is 0 Å². The van der Waals surface area contributed by atoms with Crippen molar-refractivity contribution in [3.8, 4) is 5.75 Å². The summed E-state index contributed by atoms with van der Waals surface area (Å²) in [5, 5.41) is 16.8. The van der Waals surface area contributed by atoms with Gasteiger partial charge in [-0.2, -0.15) is 0 Å². The van der Waals surface area contributed by atoms with Crippen molar-refractivity contribution in [2.45, 2.75) is 19.4 Å². The summed E-state index contributed by atoms with van der Waals surface area (Å²) in [6.07, 6.45) is 1.59. The van der Waals surface area contributed by atoms with Crippen LogP contribution in [0.25, 0.3) is 0 Å². The molecule has 31 heavy (non-hydrogen) atoms. The van der Waals surface area contributed by atoms with Crippen molar-refractivity contribution < 1.29 is 5.11 Å². The Morgan fingerprint density at radius 2 is 1.26 bits per heavy atom. The van der Waals surface area contributed by atoms with E-state index < -0.39 is 0 Å². The van der Waals surface area contributed by atoms with Crippen LogP contribution in [0.5, 0.6) is 5.75 Å². The molecule has 0 saturated carbocycles. The van der Waals surface area contributed by atoms with Gasteiger partial charge in [-0.25, -0.2) is 0 Å². The van der Waals surface area contributed by atoms with Crippen molar-refractivity contribution in [3.63, 3.8) is 0 Å². The second kappa shape index (κ2) is 10.4. The van der Waals surface area contributed by atoms with Crippen molar-refractivity contribution in [3.05, 3.63) is 125 Å². The van der Waals surface area contributed by atoms with Gasteiger partial charge >= 0.3 is 0 Å². The molecule has 0 aliphatic carbocycles. The van der Waals surface area contributed by atoms with Crippen LogP contribution in [0, 0.1) is 0 Å². The van der Waals surface area contributed by atoms with E-state index in [2.05, 4.69) is 90.2 Å². The molecule has 4 rings (SSSR count). The Labute approximate surface area is 186 Å². The SMILES string of the molecule is CNCc1ccccc1Pc1cc(Cc2ccccc2)cc(Cc2ccccc2)c1O. The van der Waals surface area contributed by atoms with Gasteiger partial charge < -0.3 is 10.4 Å². The molecule has 0 fully saturated rings. The first kappa shape index (κ1) is 21.3. The Balaban J connectivity index is 1.72. The molecule has 0 amide bonds. The third kappa shape index (κ3) is 5.61. The molecule has 1 unspecified atom stereocenters. The summed E-state index contributed by atoms with van der Waals surface area (Å²) in [6, 6.07) is 33.7. The highest BCUT2D eigenvalue weighted by Gasteiger charge is 2.13. The molecule has 4 aromatic rings. The fourth-order valence-electron chi connectivity index (χ4n) is 3.87. The number of hydrogen-bond acceptors (Lipinski definition) is 2. The number of phenols is 1. The van der Waals surface area contributed by atoms with Gasteiger partial charge in [0.25, 0.3) is 0 Å². The number of benzene rings is 4. The van der Waals surface area contributed by atoms with E-state index in [-0.39, 0.29) is 0 Å². The van der Waals surface area contributed by atoms with E-state index in [0.29, 0.717) is 14.3 Å². The Morgan fingerprint density at radius 3 is 1.94 bits per heavy atom. The molecular formula is C28H28NOP. The van der Waals surface area contributed by atoms with Crippen LogP contribution < -0.4 is 15.9 Å². The molecule has 3 heteroatoms. The van der Waals surface area contributed by atoms with Gasteiger partial charge in [0.15, 0.2) is 0 Å². The lowest BCUT2D eigenvalue weighted by Gasteiger charge is -2.16. The number of rotatable bonds is 8. The molecule has 0 aromatic heterocycles. The molecule has 1 atom stereocenters. The van der Waals surface area contributed by atoms with Crippen molar-refractivity contribution in [1.29, 1.82) is 0 Å². The molecule has 0 aliphatic rings. The molecule has 0 heterocycles. The van der Waals surface area contributed by atoms with E-state index in [9.17, 15) is 5.11 Å². The predicted octanol–water partition coefficient (Wildman–Crippen LogP) is 4.92. The van der Waals surface area contributed by atoms with Crippen LogP contribution in [0.4, 0.5) is 0 Å². The summed E-state index contributed by atoms with van der Waals surface area (Å²) in [4.78, 5) is 0. The van der Waals surface area contributed by atoms with E-state index in [1.165, 1.54) is 27.6 Å². The predicted molar refractivity (Wildman–Crippen MR) is 133 cm³/mol. The average Bonchev–Trinajstić information content (AvgIpc) is 2.80. The highest BCUT2D eigenvalue weighted by Crippen LogP contribution is 2.28. The first-order valence-electron chi connectivity index (χ1n) is 10.6. The number of phenolic OH excluding ortho intramolecular Hbond substituents is 1. The zero-order valence-corrected chi connectivity index (χ0v) is 18.8. The second-order valence-corrected chi connectivity index (χ2v) is 9.12. The van der Waals surface area contributed by atoms with E-state index >= 15 is 0 Å². The monoisotopic (exact) mass is 425 g/mol. The van der Waals surface area contributed by atoms with Crippen molar-refractivity contribution in [2.24, 2.45) is 0 Å². The second-order valence-electron chi connectivity index (χ2n) is 7.79. The van der Waals surface area contributed by atoms with Crippen molar-refractivity contribution in [2.75, 3.05) is 7.05 Å². The molecule has 0 spiro atoms. The highest BCUT2D eigenvalue weighted by molar-refractivity contribution is 7.55. The molecule has 2 nitrogen and oxygen atoms in total. The van der Waals surface area contributed by atoms with Gasteiger partial charge in [-0.15, -0.1) is 0 Å². The molecule has 0 bridgehead atoms. The third-order valence-corrected chi connectivity index (χ3v) is 6.80. The zero-order valence-electron chi connectivity index (χ0n) is 17.8. The quantitative estimate of drug-likeness (QED) is 0.393. The minimum absolute atomic E-state index is 0.408. The summed E-state index contributed by atoms with van der Waals surface area (Å²) in [6.45, 7) is 0.824. The topological polar surface area (TPSA) is 32.3 Å². The van der Waals surface area contributed by atoms with Crippen LogP contribution in [0.3, 0.4) is 0 Å². The number of aromatic hydroxyl groups is 1. The van der Waals surface area contributed by atoms with Gasteiger partial charge in [0, 0.05) is 18.3 Å². The van der Waals surface area contributed by atoms with Gasteiger partial charge in [0.2, 0.25) is 0 Å². The van der Waals surface area contributed by atoms with Gasteiger partial charge in [-0.05, 0) is 52.7 Å². The molecule has 4 aromatic carbocycles. The smallest absolute Gasteiger partial charge is 0.126 e. The summed E-state index contributed by atoms with van der Waals surface area (Å²) in [7, 11) is 2.38. The van der Waals surface area contributed by atoms with Crippen LogP contribution >= 0.6 is 8.58 Å². The van der Waals surface area contributed by atoms with E-state index in [4.69, 9.17) is 0 Å². The van der Waals surface area contributed by atoms with E-state index in [1.54, 1.807) is 0 Å². The minimum Gasteiger partial charge on any atom is -0.507 e. The third-order valence-electron chi connectivity index (χ3n) is 5.39. The Hall–Kier alpha value is -2.93. The molecule has 0 saturated heterocycles. The van der Waals surface area contributed by atoms with Crippen LogP contribution in [0.1, 0.15) is 27.8 Å². The fourth-order valence-corrected chi connectivity index (χ4v) is 5.21. The van der Waals surface area contributed by atoms with Crippen LogP contribution in [-0.2, 0) is 19.4 Å². The molecule has 0 aliphatic heterocycles. The van der Waals surface area contributed by atoms with Gasteiger partial charge in [0.05, 0.1) is 0 Å². The minimum atomic E-state index is 0.408. The molecule has 0 radical (unpaired) electrons. The molecule has 156 valence electrons.